The highest BCUT2D eigenvalue weighted by molar-refractivity contribution is 6.28. The van der Waals surface area contributed by atoms with Crippen molar-refractivity contribution in [1.82, 2.24) is 19.9 Å². The van der Waals surface area contributed by atoms with Gasteiger partial charge in [0.15, 0.2) is 0 Å². The summed E-state index contributed by atoms with van der Waals surface area (Å²) in [6, 6.07) is 0.385. The smallest absolute Gasteiger partial charge is 0.229 e. The van der Waals surface area contributed by atoms with Crippen molar-refractivity contribution in [2.45, 2.75) is 32.2 Å². The fraction of sp³-hybridized carbons (Fsp3) is 0.727. The standard InChI is InChI=1S/C11H19ClN6/c1-2-5-18-6-3-8(4-7-18)14-11-16-9(12)15-10(13)17-11/h8H,2-7H2,1H3,(H3,13,14,15,16,17). The summed E-state index contributed by atoms with van der Waals surface area (Å²) >= 11 is 5.74. The molecule has 0 amide bonds. The zero-order valence-electron chi connectivity index (χ0n) is 10.6. The summed E-state index contributed by atoms with van der Waals surface area (Å²) in [5, 5.41) is 3.40. The lowest BCUT2D eigenvalue weighted by atomic mass is 10.1. The molecule has 7 heteroatoms. The van der Waals surface area contributed by atoms with Crippen LogP contribution < -0.4 is 11.1 Å². The molecule has 1 aliphatic rings. The average Bonchev–Trinajstić information content (AvgIpc) is 2.31. The maximum atomic E-state index is 5.74. The zero-order chi connectivity index (χ0) is 13.0. The molecule has 0 aliphatic carbocycles. The summed E-state index contributed by atoms with van der Waals surface area (Å²) < 4.78 is 0. The van der Waals surface area contributed by atoms with E-state index in [-0.39, 0.29) is 11.2 Å². The van der Waals surface area contributed by atoms with Gasteiger partial charge in [-0.1, -0.05) is 6.92 Å². The van der Waals surface area contributed by atoms with Crippen molar-refractivity contribution in [2.24, 2.45) is 0 Å². The van der Waals surface area contributed by atoms with Gasteiger partial charge in [0.2, 0.25) is 17.2 Å². The highest BCUT2D eigenvalue weighted by Gasteiger charge is 2.19. The quantitative estimate of drug-likeness (QED) is 0.861. The SMILES string of the molecule is CCCN1CCC(Nc2nc(N)nc(Cl)n2)CC1. The Morgan fingerprint density at radius 2 is 2.06 bits per heavy atom. The van der Waals surface area contributed by atoms with E-state index in [1.165, 1.54) is 13.0 Å². The monoisotopic (exact) mass is 270 g/mol. The van der Waals surface area contributed by atoms with Gasteiger partial charge in [-0.05, 0) is 37.4 Å². The summed E-state index contributed by atoms with van der Waals surface area (Å²) in [6.07, 6.45) is 3.38. The lowest BCUT2D eigenvalue weighted by Crippen LogP contribution is -2.39. The van der Waals surface area contributed by atoms with Crippen LogP contribution in [0.4, 0.5) is 11.9 Å². The van der Waals surface area contributed by atoms with E-state index in [1.54, 1.807) is 0 Å². The van der Waals surface area contributed by atoms with Gasteiger partial charge in [0.25, 0.3) is 0 Å². The van der Waals surface area contributed by atoms with Gasteiger partial charge >= 0.3 is 0 Å². The topological polar surface area (TPSA) is 80.0 Å². The van der Waals surface area contributed by atoms with E-state index >= 15 is 0 Å². The first-order valence-electron chi connectivity index (χ1n) is 6.33. The van der Waals surface area contributed by atoms with Crippen LogP contribution in [0.1, 0.15) is 26.2 Å². The largest absolute Gasteiger partial charge is 0.368 e. The number of aromatic nitrogens is 3. The predicted octanol–water partition coefficient (Wildman–Crippen LogP) is 1.39. The van der Waals surface area contributed by atoms with E-state index in [9.17, 15) is 0 Å². The lowest BCUT2D eigenvalue weighted by molar-refractivity contribution is 0.219. The predicted molar refractivity (Wildman–Crippen MR) is 72.6 cm³/mol. The van der Waals surface area contributed by atoms with Gasteiger partial charge in [0, 0.05) is 19.1 Å². The molecule has 0 bridgehead atoms. The molecule has 100 valence electrons. The molecule has 3 N–H and O–H groups in total. The van der Waals surface area contributed by atoms with E-state index in [0.717, 1.165) is 25.9 Å². The number of nitrogen functional groups attached to an aromatic ring is 1. The Balaban J connectivity index is 1.87. The second kappa shape index (κ2) is 6.15. The minimum absolute atomic E-state index is 0.133. The third kappa shape index (κ3) is 3.68. The van der Waals surface area contributed by atoms with Gasteiger partial charge in [-0.2, -0.15) is 15.0 Å². The molecule has 6 nitrogen and oxygen atoms in total. The summed E-state index contributed by atoms with van der Waals surface area (Å²) in [5.41, 5.74) is 5.53. The van der Waals surface area contributed by atoms with E-state index in [2.05, 4.69) is 32.1 Å². The molecule has 0 radical (unpaired) electrons. The highest BCUT2D eigenvalue weighted by Crippen LogP contribution is 2.15. The average molecular weight is 271 g/mol. The lowest BCUT2D eigenvalue weighted by Gasteiger charge is -2.32. The van der Waals surface area contributed by atoms with Crippen molar-refractivity contribution < 1.29 is 0 Å². The molecule has 0 aromatic carbocycles. The Morgan fingerprint density at radius 3 is 2.67 bits per heavy atom. The van der Waals surface area contributed by atoms with Gasteiger partial charge in [0.05, 0.1) is 0 Å². The third-order valence-corrected chi connectivity index (χ3v) is 3.26. The van der Waals surface area contributed by atoms with Gasteiger partial charge < -0.3 is 16.0 Å². The first-order chi connectivity index (χ1) is 8.67. The molecule has 1 saturated heterocycles. The van der Waals surface area contributed by atoms with Gasteiger partial charge in [-0.3, -0.25) is 0 Å². The van der Waals surface area contributed by atoms with E-state index in [1.807, 2.05) is 0 Å². The number of piperidine rings is 1. The van der Waals surface area contributed by atoms with Crippen molar-refractivity contribution in [3.63, 3.8) is 0 Å². The van der Waals surface area contributed by atoms with Gasteiger partial charge in [-0.25, -0.2) is 0 Å². The molecule has 1 fully saturated rings. The summed E-state index contributed by atoms with van der Waals surface area (Å²) in [7, 11) is 0. The second-order valence-corrected chi connectivity index (χ2v) is 4.88. The Morgan fingerprint density at radius 1 is 1.33 bits per heavy atom. The molecule has 1 aromatic rings. The molecular weight excluding hydrogens is 252 g/mol. The number of halogens is 1. The molecule has 1 aliphatic heterocycles. The maximum absolute atomic E-state index is 5.74. The second-order valence-electron chi connectivity index (χ2n) is 4.55. The molecule has 1 aromatic heterocycles. The third-order valence-electron chi connectivity index (χ3n) is 3.09. The maximum Gasteiger partial charge on any atom is 0.229 e. The number of hydrogen-bond donors (Lipinski definition) is 2. The van der Waals surface area contributed by atoms with Crippen molar-refractivity contribution >= 4 is 23.5 Å². The molecular formula is C11H19ClN6. The molecule has 0 unspecified atom stereocenters. The zero-order valence-corrected chi connectivity index (χ0v) is 11.3. The van der Waals surface area contributed by atoms with Crippen LogP contribution in [-0.2, 0) is 0 Å². The highest BCUT2D eigenvalue weighted by atomic mass is 35.5. The minimum atomic E-state index is 0.133. The summed E-state index contributed by atoms with van der Waals surface area (Å²) in [4.78, 5) is 14.3. The van der Waals surface area contributed by atoms with Crippen LogP contribution in [0.3, 0.4) is 0 Å². The Hall–Kier alpha value is -1.14. The number of nitrogens with one attached hydrogen (secondary N) is 1. The number of anilines is 2. The summed E-state index contributed by atoms with van der Waals surface area (Å²) in [5.74, 6) is 0.627. The number of nitrogens with zero attached hydrogens (tertiary/aromatic N) is 4. The molecule has 18 heavy (non-hydrogen) atoms. The van der Waals surface area contributed by atoms with Crippen molar-refractivity contribution in [3.05, 3.63) is 5.28 Å². The Labute approximate surface area is 112 Å². The van der Waals surface area contributed by atoms with Crippen molar-refractivity contribution in [1.29, 1.82) is 0 Å². The van der Waals surface area contributed by atoms with Crippen LogP contribution in [-0.4, -0.2) is 45.5 Å². The Kier molecular flexibility index (Phi) is 4.54. The molecule has 2 rings (SSSR count). The molecule has 0 atom stereocenters. The minimum Gasteiger partial charge on any atom is -0.368 e. The molecule has 0 saturated carbocycles. The first-order valence-corrected chi connectivity index (χ1v) is 6.71. The van der Waals surface area contributed by atoms with Crippen molar-refractivity contribution in [2.75, 3.05) is 30.7 Å². The normalized spacial score (nSPS) is 17.9. The number of hydrogen-bond acceptors (Lipinski definition) is 6. The number of rotatable bonds is 4. The van der Waals surface area contributed by atoms with Crippen LogP contribution in [0, 0.1) is 0 Å². The van der Waals surface area contributed by atoms with Gasteiger partial charge in [-0.15, -0.1) is 0 Å². The molecule has 0 spiro atoms. The fourth-order valence-electron chi connectivity index (χ4n) is 2.23. The van der Waals surface area contributed by atoms with Crippen LogP contribution in [0.25, 0.3) is 0 Å². The molecule has 2 heterocycles. The van der Waals surface area contributed by atoms with E-state index < -0.39 is 0 Å². The number of nitrogens with two attached hydrogens (primary N) is 1. The van der Waals surface area contributed by atoms with Crippen LogP contribution in [0.15, 0.2) is 0 Å². The van der Waals surface area contributed by atoms with Crippen LogP contribution in [0.2, 0.25) is 5.28 Å². The number of likely N-dealkylation sites (tertiary alicyclic amines) is 1. The van der Waals surface area contributed by atoms with Gasteiger partial charge in [0.1, 0.15) is 0 Å². The van der Waals surface area contributed by atoms with Crippen LogP contribution in [0.5, 0.6) is 0 Å². The summed E-state index contributed by atoms with van der Waals surface area (Å²) in [6.45, 7) is 5.61. The Bertz CT molecular complexity index is 371. The van der Waals surface area contributed by atoms with E-state index in [0.29, 0.717) is 12.0 Å². The van der Waals surface area contributed by atoms with Crippen molar-refractivity contribution in [3.8, 4) is 0 Å². The van der Waals surface area contributed by atoms with E-state index in [4.69, 9.17) is 17.3 Å². The fourth-order valence-corrected chi connectivity index (χ4v) is 2.40. The first kappa shape index (κ1) is 13.3. The van der Waals surface area contributed by atoms with Crippen LogP contribution >= 0.6 is 11.6 Å².